The first-order valence-electron chi connectivity index (χ1n) is 9.23. The highest BCUT2D eigenvalue weighted by Gasteiger charge is 2.27. The highest BCUT2D eigenvalue weighted by molar-refractivity contribution is 5.78. The van der Waals surface area contributed by atoms with Gasteiger partial charge in [0.15, 0.2) is 0 Å². The summed E-state index contributed by atoms with van der Waals surface area (Å²) in [6.07, 6.45) is 6.39. The van der Waals surface area contributed by atoms with E-state index in [2.05, 4.69) is 9.88 Å². The third kappa shape index (κ3) is 3.41. The summed E-state index contributed by atoms with van der Waals surface area (Å²) in [5.74, 6) is 0.202. The minimum Gasteiger partial charge on any atom is -0.380 e. The number of aromatic nitrogens is 2. The van der Waals surface area contributed by atoms with Crippen LogP contribution in [0.25, 0.3) is 5.65 Å². The molecule has 0 N–H and O–H groups in total. The molecular weight excluding hydrogens is 316 g/mol. The van der Waals surface area contributed by atoms with Crippen LogP contribution < -0.4 is 0 Å². The molecule has 2 fully saturated rings. The Kier molecular flexibility index (Phi) is 4.72. The summed E-state index contributed by atoms with van der Waals surface area (Å²) < 4.78 is 7.55. The predicted molar refractivity (Wildman–Crippen MR) is 95.6 cm³/mol. The van der Waals surface area contributed by atoms with E-state index in [-0.39, 0.29) is 5.91 Å². The van der Waals surface area contributed by atoms with Crippen LogP contribution in [0.5, 0.6) is 0 Å². The highest BCUT2D eigenvalue weighted by atomic mass is 16.5. The molecule has 0 aliphatic carbocycles. The molecule has 1 unspecified atom stereocenters. The summed E-state index contributed by atoms with van der Waals surface area (Å²) in [4.78, 5) is 21.8. The third-order valence-electron chi connectivity index (χ3n) is 5.45. The number of nitrogens with zero attached hydrogens (tertiary/aromatic N) is 4. The number of amides is 1. The van der Waals surface area contributed by atoms with Crippen molar-refractivity contribution < 1.29 is 9.53 Å². The Bertz CT molecular complexity index is 751. The Morgan fingerprint density at radius 2 is 2.24 bits per heavy atom. The lowest BCUT2D eigenvalue weighted by Crippen LogP contribution is -2.40. The molecule has 6 heteroatoms. The SMILES string of the molecule is Cc1cccn2c(CC(=O)N3CCCN(C4CCOC4)CC3)cnc12. The number of hydrogen-bond acceptors (Lipinski definition) is 4. The van der Waals surface area contributed by atoms with Crippen molar-refractivity contribution in [2.75, 3.05) is 39.4 Å². The van der Waals surface area contributed by atoms with Gasteiger partial charge >= 0.3 is 0 Å². The number of carbonyl (C=O) groups is 1. The molecule has 0 bridgehead atoms. The van der Waals surface area contributed by atoms with Crippen LogP contribution >= 0.6 is 0 Å². The Balaban J connectivity index is 1.41. The monoisotopic (exact) mass is 342 g/mol. The smallest absolute Gasteiger partial charge is 0.228 e. The number of pyridine rings is 1. The Labute approximate surface area is 148 Å². The minimum absolute atomic E-state index is 0.202. The average Bonchev–Trinajstić information content (AvgIpc) is 3.21. The molecule has 134 valence electrons. The maximum absolute atomic E-state index is 12.8. The van der Waals surface area contributed by atoms with Gasteiger partial charge in [0.2, 0.25) is 5.91 Å². The fourth-order valence-electron chi connectivity index (χ4n) is 3.96. The summed E-state index contributed by atoms with van der Waals surface area (Å²) in [6, 6.07) is 4.59. The molecule has 1 amide bonds. The normalized spacial score (nSPS) is 22.4. The van der Waals surface area contributed by atoms with E-state index >= 15 is 0 Å². The number of carbonyl (C=O) groups excluding carboxylic acids is 1. The predicted octanol–water partition coefficient (Wildman–Crippen LogP) is 1.51. The van der Waals surface area contributed by atoms with Gasteiger partial charge in [-0.05, 0) is 31.4 Å². The summed E-state index contributed by atoms with van der Waals surface area (Å²) >= 11 is 0. The summed E-state index contributed by atoms with van der Waals surface area (Å²) in [5, 5.41) is 0. The number of ether oxygens (including phenoxy) is 1. The van der Waals surface area contributed by atoms with E-state index < -0.39 is 0 Å². The zero-order valence-corrected chi connectivity index (χ0v) is 14.9. The summed E-state index contributed by atoms with van der Waals surface area (Å²) in [7, 11) is 0. The van der Waals surface area contributed by atoms with Gasteiger partial charge in [-0.15, -0.1) is 0 Å². The summed E-state index contributed by atoms with van der Waals surface area (Å²) in [6.45, 7) is 7.43. The van der Waals surface area contributed by atoms with Crippen molar-refractivity contribution >= 4 is 11.6 Å². The van der Waals surface area contributed by atoms with Crippen molar-refractivity contribution in [3.63, 3.8) is 0 Å². The molecule has 2 aromatic heterocycles. The second kappa shape index (κ2) is 7.14. The largest absolute Gasteiger partial charge is 0.380 e. The van der Waals surface area contributed by atoms with Crippen molar-refractivity contribution in [1.82, 2.24) is 19.2 Å². The standard InChI is InChI=1S/C19H26N4O2/c1-15-4-2-8-23-17(13-20-19(15)23)12-18(24)22-7-3-6-21(9-10-22)16-5-11-25-14-16/h2,4,8,13,16H,3,5-7,9-12,14H2,1H3. The van der Waals surface area contributed by atoms with Crippen LogP contribution in [0.3, 0.4) is 0 Å². The van der Waals surface area contributed by atoms with E-state index in [1.54, 1.807) is 0 Å². The lowest BCUT2D eigenvalue weighted by molar-refractivity contribution is -0.130. The molecule has 25 heavy (non-hydrogen) atoms. The van der Waals surface area contributed by atoms with Crippen LogP contribution in [0.1, 0.15) is 24.1 Å². The molecule has 6 nitrogen and oxygen atoms in total. The van der Waals surface area contributed by atoms with Gasteiger partial charge in [-0.3, -0.25) is 9.69 Å². The number of fused-ring (bicyclic) bond motifs is 1. The van der Waals surface area contributed by atoms with E-state index in [0.29, 0.717) is 12.5 Å². The summed E-state index contributed by atoms with van der Waals surface area (Å²) in [5.41, 5.74) is 3.04. The third-order valence-corrected chi connectivity index (χ3v) is 5.45. The van der Waals surface area contributed by atoms with Gasteiger partial charge in [0.1, 0.15) is 5.65 Å². The lowest BCUT2D eigenvalue weighted by Gasteiger charge is -2.26. The first-order valence-corrected chi connectivity index (χ1v) is 9.23. The van der Waals surface area contributed by atoms with Crippen molar-refractivity contribution in [1.29, 1.82) is 0 Å². The Morgan fingerprint density at radius 1 is 1.32 bits per heavy atom. The minimum atomic E-state index is 0.202. The molecular formula is C19H26N4O2. The van der Waals surface area contributed by atoms with Crippen LogP contribution in [0, 0.1) is 6.92 Å². The van der Waals surface area contributed by atoms with Gasteiger partial charge in [-0.1, -0.05) is 6.07 Å². The van der Waals surface area contributed by atoms with Gasteiger partial charge in [-0.25, -0.2) is 4.98 Å². The van der Waals surface area contributed by atoms with Crippen LogP contribution in [0.4, 0.5) is 0 Å². The van der Waals surface area contributed by atoms with Gasteiger partial charge in [0, 0.05) is 51.2 Å². The molecule has 4 heterocycles. The second-order valence-corrected chi connectivity index (χ2v) is 7.10. The van der Waals surface area contributed by atoms with Crippen LogP contribution in [-0.4, -0.2) is 70.5 Å². The number of rotatable bonds is 3. The first kappa shape index (κ1) is 16.5. The molecule has 2 aliphatic heterocycles. The van der Waals surface area contributed by atoms with Crippen molar-refractivity contribution in [2.45, 2.75) is 32.2 Å². The Hall–Kier alpha value is -1.92. The topological polar surface area (TPSA) is 50.1 Å². The zero-order chi connectivity index (χ0) is 17.2. The zero-order valence-electron chi connectivity index (χ0n) is 14.9. The van der Waals surface area contributed by atoms with E-state index in [1.165, 1.54) is 0 Å². The van der Waals surface area contributed by atoms with Crippen molar-refractivity contribution in [2.24, 2.45) is 0 Å². The van der Waals surface area contributed by atoms with Gasteiger partial charge in [0.05, 0.1) is 18.7 Å². The van der Waals surface area contributed by atoms with Crippen LogP contribution in [0.15, 0.2) is 24.5 Å². The fourth-order valence-corrected chi connectivity index (χ4v) is 3.96. The second-order valence-electron chi connectivity index (χ2n) is 7.10. The van der Waals surface area contributed by atoms with Gasteiger partial charge in [-0.2, -0.15) is 0 Å². The van der Waals surface area contributed by atoms with E-state index in [9.17, 15) is 4.79 Å². The number of imidazole rings is 1. The maximum Gasteiger partial charge on any atom is 0.228 e. The van der Waals surface area contributed by atoms with E-state index in [0.717, 1.165) is 69.1 Å². The van der Waals surface area contributed by atoms with E-state index in [1.807, 2.05) is 40.8 Å². The fraction of sp³-hybridized carbons (Fsp3) is 0.579. The van der Waals surface area contributed by atoms with E-state index in [4.69, 9.17) is 4.74 Å². The molecule has 4 rings (SSSR count). The van der Waals surface area contributed by atoms with Gasteiger partial charge in [0.25, 0.3) is 0 Å². The maximum atomic E-state index is 12.8. The average molecular weight is 342 g/mol. The van der Waals surface area contributed by atoms with Crippen molar-refractivity contribution in [3.8, 4) is 0 Å². The molecule has 0 radical (unpaired) electrons. The highest BCUT2D eigenvalue weighted by Crippen LogP contribution is 2.16. The lowest BCUT2D eigenvalue weighted by atomic mass is 10.2. The van der Waals surface area contributed by atoms with Gasteiger partial charge < -0.3 is 14.0 Å². The molecule has 0 aromatic carbocycles. The quantitative estimate of drug-likeness (QED) is 0.848. The van der Waals surface area contributed by atoms with Crippen LogP contribution in [-0.2, 0) is 16.0 Å². The first-order chi connectivity index (χ1) is 12.2. The number of aryl methyl sites for hydroxylation is 1. The molecule has 1 atom stereocenters. The van der Waals surface area contributed by atoms with Crippen LogP contribution in [0.2, 0.25) is 0 Å². The Morgan fingerprint density at radius 3 is 3.08 bits per heavy atom. The molecule has 0 spiro atoms. The molecule has 2 aromatic rings. The number of hydrogen-bond donors (Lipinski definition) is 0. The molecule has 2 saturated heterocycles. The molecule has 0 saturated carbocycles. The van der Waals surface area contributed by atoms with Crippen molar-refractivity contribution in [3.05, 3.63) is 35.8 Å². The molecule has 2 aliphatic rings.